The van der Waals surface area contributed by atoms with Crippen LogP contribution in [0.2, 0.25) is 10.0 Å². The van der Waals surface area contributed by atoms with Crippen molar-refractivity contribution in [1.29, 1.82) is 0 Å². The van der Waals surface area contributed by atoms with Gasteiger partial charge >= 0.3 is 6.18 Å². The number of hydrogen-bond donors (Lipinski definition) is 1. The number of fused-ring (bicyclic) bond motifs is 1. The van der Waals surface area contributed by atoms with Gasteiger partial charge in [0.2, 0.25) is 6.41 Å². The fourth-order valence-electron chi connectivity index (χ4n) is 4.88. The van der Waals surface area contributed by atoms with Crippen LogP contribution in [0.3, 0.4) is 0 Å². The lowest BCUT2D eigenvalue weighted by atomic mass is 9.84. The molecule has 1 aliphatic rings. The third-order valence-corrected chi connectivity index (χ3v) is 7.79. The van der Waals surface area contributed by atoms with Crippen LogP contribution in [0.1, 0.15) is 59.4 Å². The van der Waals surface area contributed by atoms with Gasteiger partial charge in [-0.15, -0.1) is 0 Å². The molecule has 0 bridgehead atoms. The van der Waals surface area contributed by atoms with Crippen LogP contribution < -0.4 is 0 Å². The molecule has 1 amide bonds. The Morgan fingerprint density at radius 2 is 2.00 bits per heavy atom. The third-order valence-electron chi connectivity index (χ3n) is 6.99. The number of amides is 1. The normalized spacial score (nSPS) is 19.9. The SMILES string of the molecule is Cc1cc(C(F)(F)F)cn2c(C)c(Cc3c(Cl)ccc(C4CC(C(C)O)CCN4C=O)c3Cl)nc12. The predicted molar refractivity (Wildman–Crippen MR) is 129 cm³/mol. The second-order valence-electron chi connectivity index (χ2n) is 9.24. The predicted octanol–water partition coefficient (Wildman–Crippen LogP) is 6.16. The number of nitrogens with zero attached hydrogens (tertiary/aromatic N) is 3. The molecule has 3 heterocycles. The van der Waals surface area contributed by atoms with E-state index in [0.717, 1.165) is 24.2 Å². The quantitative estimate of drug-likeness (QED) is 0.404. The fourth-order valence-corrected chi connectivity index (χ4v) is 5.51. The molecule has 5 nitrogen and oxygen atoms in total. The van der Waals surface area contributed by atoms with E-state index in [1.807, 2.05) is 0 Å². The van der Waals surface area contributed by atoms with Crippen LogP contribution in [0.25, 0.3) is 5.65 Å². The summed E-state index contributed by atoms with van der Waals surface area (Å²) in [5, 5.41) is 10.9. The van der Waals surface area contributed by atoms with Crippen molar-refractivity contribution in [2.24, 2.45) is 5.92 Å². The number of carbonyl (C=O) groups is 1. The van der Waals surface area contributed by atoms with Crippen molar-refractivity contribution in [3.05, 3.63) is 68.1 Å². The minimum Gasteiger partial charge on any atom is -0.393 e. The first-order chi connectivity index (χ1) is 16.4. The third kappa shape index (κ3) is 4.88. The maximum absolute atomic E-state index is 13.3. The van der Waals surface area contributed by atoms with Gasteiger partial charge in [-0.2, -0.15) is 13.2 Å². The lowest BCUT2D eigenvalue weighted by molar-refractivity contribution is -0.137. The molecule has 0 radical (unpaired) electrons. The molecule has 1 saturated heterocycles. The van der Waals surface area contributed by atoms with Crippen LogP contribution in [-0.4, -0.2) is 38.4 Å². The largest absolute Gasteiger partial charge is 0.417 e. The highest BCUT2D eigenvalue weighted by Gasteiger charge is 2.34. The summed E-state index contributed by atoms with van der Waals surface area (Å²) in [7, 11) is 0. The van der Waals surface area contributed by atoms with E-state index in [4.69, 9.17) is 23.2 Å². The Labute approximate surface area is 211 Å². The molecule has 2 aromatic heterocycles. The van der Waals surface area contributed by atoms with Gasteiger partial charge in [0.15, 0.2) is 0 Å². The number of aryl methyl sites for hydroxylation is 2. The molecule has 35 heavy (non-hydrogen) atoms. The standard InChI is InChI=1S/C25H26Cl2F3N3O2/c1-13-8-17(25(28,29)30)11-33-14(2)21(31-24(13)33)10-19-20(26)5-4-18(23(19)27)22-9-16(15(3)35)6-7-32(22)12-34/h4-5,8,11-12,15-16,22,35H,6-7,9-10H2,1-3H3. The summed E-state index contributed by atoms with van der Waals surface area (Å²) in [4.78, 5) is 18.0. The van der Waals surface area contributed by atoms with Gasteiger partial charge in [-0.25, -0.2) is 4.98 Å². The van der Waals surface area contributed by atoms with Crippen molar-refractivity contribution in [2.45, 2.75) is 58.4 Å². The Morgan fingerprint density at radius 1 is 1.29 bits per heavy atom. The summed E-state index contributed by atoms with van der Waals surface area (Å²) in [5.41, 5.74) is 2.54. The number of imidazole rings is 1. The average Bonchev–Trinajstić information content (AvgIpc) is 3.11. The highest BCUT2D eigenvalue weighted by molar-refractivity contribution is 6.36. The molecule has 3 atom stereocenters. The monoisotopic (exact) mass is 527 g/mol. The van der Waals surface area contributed by atoms with E-state index in [2.05, 4.69) is 4.98 Å². The van der Waals surface area contributed by atoms with E-state index in [9.17, 15) is 23.1 Å². The van der Waals surface area contributed by atoms with E-state index in [-0.39, 0.29) is 18.4 Å². The number of aliphatic hydroxyl groups excluding tert-OH is 1. The molecule has 1 N–H and O–H groups in total. The van der Waals surface area contributed by atoms with Gasteiger partial charge in [0.05, 0.1) is 28.4 Å². The Kier molecular flexibility index (Phi) is 7.10. The maximum atomic E-state index is 13.3. The molecule has 4 rings (SSSR count). The molecule has 3 aromatic rings. The molecule has 0 spiro atoms. The van der Waals surface area contributed by atoms with Crippen LogP contribution in [0.4, 0.5) is 13.2 Å². The fraction of sp³-hybridized carbons (Fsp3) is 0.440. The van der Waals surface area contributed by atoms with Crippen LogP contribution >= 0.6 is 23.2 Å². The molecule has 1 fully saturated rings. The van der Waals surface area contributed by atoms with Gasteiger partial charge in [0, 0.05) is 29.9 Å². The summed E-state index contributed by atoms with van der Waals surface area (Å²) in [5.74, 6) is 0.0258. The van der Waals surface area contributed by atoms with Gasteiger partial charge in [0.25, 0.3) is 0 Å². The first kappa shape index (κ1) is 25.8. The summed E-state index contributed by atoms with van der Waals surface area (Å²) in [6.07, 6.45) is -1.66. The number of halogens is 5. The van der Waals surface area contributed by atoms with Gasteiger partial charge < -0.3 is 14.4 Å². The molecular weight excluding hydrogens is 502 g/mol. The number of piperidine rings is 1. The lowest BCUT2D eigenvalue weighted by Crippen LogP contribution is -2.39. The number of benzene rings is 1. The highest BCUT2D eigenvalue weighted by Crippen LogP contribution is 2.41. The number of aromatic nitrogens is 2. The number of aliphatic hydroxyl groups is 1. The Morgan fingerprint density at radius 3 is 2.63 bits per heavy atom. The number of likely N-dealkylation sites (tertiary alicyclic amines) is 1. The van der Waals surface area contributed by atoms with E-state index in [1.54, 1.807) is 37.8 Å². The minimum absolute atomic E-state index is 0.0258. The molecular formula is C25H26Cl2F3N3O2. The number of hydrogen-bond acceptors (Lipinski definition) is 3. The van der Waals surface area contributed by atoms with E-state index >= 15 is 0 Å². The Balaban J connectivity index is 1.75. The summed E-state index contributed by atoms with van der Waals surface area (Å²) in [6, 6.07) is 4.27. The van der Waals surface area contributed by atoms with Crippen LogP contribution in [0, 0.1) is 19.8 Å². The lowest BCUT2D eigenvalue weighted by Gasteiger charge is -2.39. The van der Waals surface area contributed by atoms with Crippen LogP contribution in [0.15, 0.2) is 24.4 Å². The molecule has 1 aliphatic heterocycles. The molecule has 188 valence electrons. The number of pyridine rings is 1. The van der Waals surface area contributed by atoms with E-state index in [1.165, 1.54) is 4.40 Å². The summed E-state index contributed by atoms with van der Waals surface area (Å²) in [6.45, 7) is 5.55. The second kappa shape index (κ2) is 9.64. The van der Waals surface area contributed by atoms with Crippen molar-refractivity contribution in [3.8, 4) is 0 Å². The first-order valence-electron chi connectivity index (χ1n) is 11.3. The minimum atomic E-state index is -4.47. The van der Waals surface area contributed by atoms with Gasteiger partial charge in [-0.05, 0) is 68.4 Å². The molecule has 1 aromatic carbocycles. The van der Waals surface area contributed by atoms with Gasteiger partial charge in [-0.1, -0.05) is 29.3 Å². The molecule has 10 heteroatoms. The highest BCUT2D eigenvalue weighted by atomic mass is 35.5. The van der Waals surface area contributed by atoms with Gasteiger partial charge in [0.1, 0.15) is 5.65 Å². The topological polar surface area (TPSA) is 57.8 Å². The zero-order valence-electron chi connectivity index (χ0n) is 19.5. The average molecular weight is 528 g/mol. The zero-order valence-corrected chi connectivity index (χ0v) is 21.0. The smallest absolute Gasteiger partial charge is 0.393 e. The summed E-state index contributed by atoms with van der Waals surface area (Å²) >= 11 is 13.4. The Hall–Kier alpha value is -2.29. The second-order valence-corrected chi connectivity index (χ2v) is 10.0. The molecule has 3 unspecified atom stereocenters. The van der Waals surface area contributed by atoms with Crippen molar-refractivity contribution in [3.63, 3.8) is 0 Å². The van der Waals surface area contributed by atoms with E-state index < -0.39 is 17.8 Å². The number of alkyl halides is 3. The van der Waals surface area contributed by atoms with Crippen molar-refractivity contribution in [2.75, 3.05) is 6.54 Å². The van der Waals surface area contributed by atoms with Crippen molar-refractivity contribution >= 4 is 35.3 Å². The molecule has 0 aliphatic carbocycles. The van der Waals surface area contributed by atoms with Gasteiger partial charge in [-0.3, -0.25) is 4.79 Å². The zero-order chi connectivity index (χ0) is 25.7. The Bertz CT molecular complexity index is 1270. The van der Waals surface area contributed by atoms with E-state index in [0.29, 0.717) is 57.6 Å². The van der Waals surface area contributed by atoms with Crippen molar-refractivity contribution < 1.29 is 23.1 Å². The number of rotatable bonds is 5. The summed E-state index contributed by atoms with van der Waals surface area (Å²) < 4.78 is 41.4. The first-order valence-corrected chi connectivity index (χ1v) is 12.1. The number of carbonyl (C=O) groups excluding carboxylic acids is 1. The van der Waals surface area contributed by atoms with Crippen LogP contribution in [-0.2, 0) is 17.4 Å². The maximum Gasteiger partial charge on any atom is 0.417 e. The van der Waals surface area contributed by atoms with Crippen molar-refractivity contribution in [1.82, 2.24) is 14.3 Å². The molecule has 0 saturated carbocycles. The van der Waals surface area contributed by atoms with Crippen LogP contribution in [0.5, 0.6) is 0 Å².